The average Bonchev–Trinajstić information content (AvgIpc) is 2.47. The topological polar surface area (TPSA) is 29.3 Å². The lowest BCUT2D eigenvalue weighted by Crippen LogP contribution is -2.41. The summed E-state index contributed by atoms with van der Waals surface area (Å²) in [6.45, 7) is 3.04. The Balaban J connectivity index is 1.72. The highest BCUT2D eigenvalue weighted by Gasteiger charge is 2.31. The minimum atomic E-state index is 0.684. The number of halogens is 1. The van der Waals surface area contributed by atoms with Crippen LogP contribution in [0.5, 0.6) is 0 Å². The molecule has 2 unspecified atom stereocenters. The van der Waals surface area contributed by atoms with Gasteiger partial charge in [0.25, 0.3) is 0 Å². The molecule has 1 saturated carbocycles. The Hall–Kier alpha value is -0.730. The first-order chi connectivity index (χ1) is 9.78. The average molecular weight is 293 g/mol. The maximum absolute atomic E-state index is 6.49. The monoisotopic (exact) mass is 292 g/mol. The van der Waals surface area contributed by atoms with Crippen molar-refractivity contribution in [3.63, 3.8) is 0 Å². The van der Waals surface area contributed by atoms with Crippen LogP contribution in [0.15, 0.2) is 18.2 Å². The molecule has 20 heavy (non-hydrogen) atoms. The molecule has 3 heteroatoms. The van der Waals surface area contributed by atoms with Crippen LogP contribution in [-0.4, -0.2) is 19.6 Å². The van der Waals surface area contributed by atoms with E-state index in [0.29, 0.717) is 6.54 Å². The van der Waals surface area contributed by atoms with Crippen LogP contribution in [0.1, 0.15) is 37.7 Å². The van der Waals surface area contributed by atoms with Crippen LogP contribution in [0.2, 0.25) is 5.02 Å². The summed E-state index contributed by atoms with van der Waals surface area (Å²) in [4.78, 5) is 2.50. The second-order valence-electron chi connectivity index (χ2n) is 6.36. The standard InChI is InChI=1S/C17H25ClN2/c18-16-11-13(7-9-19)5-6-17(16)20-10-8-14-3-1-2-4-15(14)12-20/h5-6,11,14-15H,1-4,7-10,12,19H2. The lowest BCUT2D eigenvalue weighted by Gasteiger charge is -2.42. The van der Waals surface area contributed by atoms with E-state index in [4.69, 9.17) is 17.3 Å². The van der Waals surface area contributed by atoms with Crippen molar-refractivity contribution < 1.29 is 0 Å². The Morgan fingerprint density at radius 3 is 2.70 bits per heavy atom. The molecule has 2 fully saturated rings. The molecule has 1 aliphatic heterocycles. The molecule has 1 aromatic carbocycles. The zero-order chi connectivity index (χ0) is 13.9. The molecule has 2 nitrogen and oxygen atoms in total. The Morgan fingerprint density at radius 2 is 1.95 bits per heavy atom. The quantitative estimate of drug-likeness (QED) is 0.917. The van der Waals surface area contributed by atoms with Crippen molar-refractivity contribution in [2.75, 3.05) is 24.5 Å². The lowest BCUT2D eigenvalue weighted by molar-refractivity contribution is 0.202. The van der Waals surface area contributed by atoms with Crippen molar-refractivity contribution in [2.45, 2.75) is 38.5 Å². The molecule has 0 spiro atoms. The van der Waals surface area contributed by atoms with Gasteiger partial charge in [0.1, 0.15) is 0 Å². The number of anilines is 1. The van der Waals surface area contributed by atoms with Crippen LogP contribution in [0.4, 0.5) is 5.69 Å². The van der Waals surface area contributed by atoms with Gasteiger partial charge < -0.3 is 10.6 Å². The van der Waals surface area contributed by atoms with E-state index in [1.54, 1.807) is 0 Å². The zero-order valence-corrected chi connectivity index (χ0v) is 12.9. The van der Waals surface area contributed by atoms with Crippen LogP contribution in [0.3, 0.4) is 0 Å². The van der Waals surface area contributed by atoms with E-state index in [1.807, 2.05) is 0 Å². The third kappa shape index (κ3) is 2.96. The van der Waals surface area contributed by atoms with Crippen LogP contribution in [0, 0.1) is 11.8 Å². The molecular weight excluding hydrogens is 268 g/mol. The van der Waals surface area contributed by atoms with Gasteiger partial charge in [-0.1, -0.05) is 36.9 Å². The van der Waals surface area contributed by atoms with E-state index < -0.39 is 0 Å². The molecule has 1 heterocycles. The second kappa shape index (κ2) is 6.36. The fourth-order valence-corrected chi connectivity index (χ4v) is 4.27. The van der Waals surface area contributed by atoms with Gasteiger partial charge in [0.05, 0.1) is 10.7 Å². The number of fused-ring (bicyclic) bond motifs is 1. The van der Waals surface area contributed by atoms with Gasteiger partial charge in [-0.2, -0.15) is 0 Å². The Kier molecular flexibility index (Phi) is 4.52. The molecular formula is C17H25ClN2. The molecule has 2 atom stereocenters. The fraction of sp³-hybridized carbons (Fsp3) is 0.647. The summed E-state index contributed by atoms with van der Waals surface area (Å²) in [7, 11) is 0. The Labute approximate surface area is 127 Å². The van der Waals surface area contributed by atoms with Crippen molar-refractivity contribution in [3.8, 4) is 0 Å². The lowest BCUT2D eigenvalue weighted by atomic mass is 9.75. The molecule has 3 rings (SSSR count). The molecule has 1 aromatic rings. The largest absolute Gasteiger partial charge is 0.370 e. The number of benzene rings is 1. The molecule has 2 aliphatic rings. The van der Waals surface area contributed by atoms with Crippen LogP contribution < -0.4 is 10.6 Å². The van der Waals surface area contributed by atoms with Gasteiger partial charge in [-0.15, -0.1) is 0 Å². The minimum Gasteiger partial charge on any atom is -0.370 e. The number of hydrogen-bond donors (Lipinski definition) is 1. The van der Waals surface area contributed by atoms with Gasteiger partial charge in [0, 0.05) is 13.1 Å². The number of rotatable bonds is 3. The van der Waals surface area contributed by atoms with E-state index in [2.05, 4.69) is 23.1 Å². The molecule has 1 saturated heterocycles. The van der Waals surface area contributed by atoms with E-state index in [0.717, 1.165) is 29.8 Å². The molecule has 0 radical (unpaired) electrons. The van der Waals surface area contributed by atoms with E-state index in [9.17, 15) is 0 Å². The summed E-state index contributed by atoms with van der Waals surface area (Å²) in [6.07, 6.45) is 7.95. The molecule has 0 aromatic heterocycles. The van der Waals surface area contributed by atoms with Gasteiger partial charge >= 0.3 is 0 Å². The summed E-state index contributed by atoms with van der Waals surface area (Å²) in [5.74, 6) is 1.85. The number of nitrogens with two attached hydrogens (primary N) is 1. The van der Waals surface area contributed by atoms with E-state index >= 15 is 0 Å². The first-order valence-electron chi connectivity index (χ1n) is 8.01. The van der Waals surface area contributed by atoms with Crippen molar-refractivity contribution in [3.05, 3.63) is 28.8 Å². The normalized spacial score (nSPS) is 26.4. The SMILES string of the molecule is NCCc1ccc(N2CCC3CCCCC3C2)c(Cl)c1. The molecule has 2 N–H and O–H groups in total. The highest BCUT2D eigenvalue weighted by atomic mass is 35.5. The predicted molar refractivity (Wildman–Crippen MR) is 86.5 cm³/mol. The third-order valence-electron chi connectivity index (χ3n) is 5.08. The van der Waals surface area contributed by atoms with E-state index in [-0.39, 0.29) is 0 Å². The Morgan fingerprint density at radius 1 is 1.15 bits per heavy atom. The highest BCUT2D eigenvalue weighted by Crippen LogP contribution is 2.39. The number of piperidine rings is 1. The summed E-state index contributed by atoms with van der Waals surface area (Å²) in [6, 6.07) is 6.47. The first-order valence-corrected chi connectivity index (χ1v) is 8.39. The third-order valence-corrected chi connectivity index (χ3v) is 5.38. The van der Waals surface area contributed by atoms with Crippen molar-refractivity contribution in [1.29, 1.82) is 0 Å². The second-order valence-corrected chi connectivity index (χ2v) is 6.77. The van der Waals surface area contributed by atoms with Gasteiger partial charge in [-0.05, 0) is 55.3 Å². The van der Waals surface area contributed by atoms with Crippen LogP contribution in [-0.2, 0) is 6.42 Å². The predicted octanol–water partition coefficient (Wildman–Crippen LogP) is 3.86. The molecule has 110 valence electrons. The van der Waals surface area contributed by atoms with Crippen molar-refractivity contribution in [1.82, 2.24) is 0 Å². The summed E-state index contributed by atoms with van der Waals surface area (Å²) < 4.78 is 0. The van der Waals surface area contributed by atoms with Crippen LogP contribution in [0.25, 0.3) is 0 Å². The van der Waals surface area contributed by atoms with Crippen molar-refractivity contribution >= 4 is 17.3 Å². The summed E-state index contributed by atoms with van der Waals surface area (Å²) in [5.41, 5.74) is 8.07. The van der Waals surface area contributed by atoms with E-state index in [1.165, 1.54) is 49.9 Å². The summed E-state index contributed by atoms with van der Waals surface area (Å²) >= 11 is 6.49. The summed E-state index contributed by atoms with van der Waals surface area (Å²) in [5, 5.41) is 0.894. The van der Waals surface area contributed by atoms with Crippen molar-refractivity contribution in [2.24, 2.45) is 17.6 Å². The number of hydrogen-bond acceptors (Lipinski definition) is 2. The van der Waals surface area contributed by atoms with Gasteiger partial charge in [0.2, 0.25) is 0 Å². The maximum Gasteiger partial charge on any atom is 0.0642 e. The smallest absolute Gasteiger partial charge is 0.0642 e. The van der Waals surface area contributed by atoms with Gasteiger partial charge in [-0.3, -0.25) is 0 Å². The highest BCUT2D eigenvalue weighted by molar-refractivity contribution is 6.33. The molecule has 0 bridgehead atoms. The zero-order valence-electron chi connectivity index (χ0n) is 12.2. The number of nitrogens with zero attached hydrogens (tertiary/aromatic N) is 1. The maximum atomic E-state index is 6.49. The Bertz CT molecular complexity index is 460. The molecule has 1 aliphatic carbocycles. The fourth-order valence-electron chi connectivity index (χ4n) is 3.95. The van der Waals surface area contributed by atoms with Gasteiger partial charge in [-0.25, -0.2) is 0 Å². The first kappa shape index (κ1) is 14.2. The van der Waals surface area contributed by atoms with Gasteiger partial charge in [0.15, 0.2) is 0 Å². The minimum absolute atomic E-state index is 0.684. The molecule has 0 amide bonds. The van der Waals surface area contributed by atoms with Crippen LogP contribution >= 0.6 is 11.6 Å².